The fraction of sp³-hybridized carbons (Fsp3) is 0.174. The molecule has 0 fully saturated rings. The Balaban J connectivity index is 1.87. The number of aryl methyl sites for hydroxylation is 1. The second-order valence-corrected chi connectivity index (χ2v) is 6.30. The molecule has 0 heterocycles. The van der Waals surface area contributed by atoms with Crippen molar-refractivity contribution in [2.75, 3.05) is 19.5 Å². The molecule has 0 radical (unpaired) electrons. The van der Waals surface area contributed by atoms with E-state index in [1.165, 1.54) is 5.56 Å². The third kappa shape index (κ3) is 4.29. The van der Waals surface area contributed by atoms with E-state index in [2.05, 4.69) is 17.4 Å². The van der Waals surface area contributed by atoms with Crippen LogP contribution in [0.3, 0.4) is 0 Å². The number of nitrogens with one attached hydrogen (secondary N) is 1. The molecule has 4 heteroatoms. The van der Waals surface area contributed by atoms with Crippen molar-refractivity contribution in [1.82, 2.24) is 0 Å². The Morgan fingerprint density at radius 2 is 1.52 bits per heavy atom. The highest BCUT2D eigenvalue weighted by atomic mass is 16.5. The minimum atomic E-state index is -0.142. The lowest BCUT2D eigenvalue weighted by Gasteiger charge is -2.15. The monoisotopic (exact) mass is 361 g/mol. The first kappa shape index (κ1) is 18.5. The molecule has 0 saturated carbocycles. The normalized spacial score (nSPS) is 10.3. The number of hydrogen-bond donors (Lipinski definition) is 1. The van der Waals surface area contributed by atoms with Gasteiger partial charge in [-0.25, -0.2) is 0 Å². The van der Waals surface area contributed by atoms with Crippen molar-refractivity contribution >= 4 is 11.6 Å². The Hall–Kier alpha value is -3.27. The fourth-order valence-corrected chi connectivity index (χ4v) is 3.02. The van der Waals surface area contributed by atoms with Gasteiger partial charge >= 0.3 is 0 Å². The van der Waals surface area contributed by atoms with Crippen molar-refractivity contribution in [3.8, 4) is 11.5 Å². The van der Waals surface area contributed by atoms with Gasteiger partial charge < -0.3 is 14.8 Å². The lowest BCUT2D eigenvalue weighted by atomic mass is 9.99. The third-order valence-corrected chi connectivity index (χ3v) is 4.48. The molecule has 0 aliphatic heterocycles. The zero-order valence-electron chi connectivity index (χ0n) is 15.8. The molecule has 0 atom stereocenters. The number of benzene rings is 3. The summed E-state index contributed by atoms with van der Waals surface area (Å²) >= 11 is 0. The number of carbonyl (C=O) groups excluding carboxylic acids is 1. The second-order valence-electron chi connectivity index (χ2n) is 6.30. The van der Waals surface area contributed by atoms with Gasteiger partial charge in [0.2, 0.25) is 0 Å². The van der Waals surface area contributed by atoms with Gasteiger partial charge in [-0.05, 0) is 42.2 Å². The summed E-state index contributed by atoms with van der Waals surface area (Å²) in [6.45, 7) is 1.92. The maximum atomic E-state index is 12.9. The van der Waals surface area contributed by atoms with Crippen LogP contribution in [0, 0.1) is 6.92 Å². The van der Waals surface area contributed by atoms with Crippen LogP contribution >= 0.6 is 0 Å². The van der Waals surface area contributed by atoms with Crippen LogP contribution in [0.2, 0.25) is 0 Å². The van der Waals surface area contributed by atoms with Crippen molar-refractivity contribution < 1.29 is 14.3 Å². The number of ether oxygens (including phenoxy) is 2. The Morgan fingerprint density at radius 1 is 0.889 bits per heavy atom. The predicted octanol–water partition coefficient (Wildman–Crippen LogP) is 4.86. The van der Waals surface area contributed by atoms with E-state index >= 15 is 0 Å². The maximum absolute atomic E-state index is 12.9. The highest BCUT2D eigenvalue weighted by Crippen LogP contribution is 2.33. The van der Waals surface area contributed by atoms with Gasteiger partial charge in [0, 0.05) is 17.3 Å². The Labute approximate surface area is 159 Å². The summed E-state index contributed by atoms with van der Waals surface area (Å²) in [5.41, 5.74) is 4.42. The summed E-state index contributed by atoms with van der Waals surface area (Å²) in [5.74, 6) is 1.07. The summed E-state index contributed by atoms with van der Waals surface area (Å²) in [6, 6.07) is 21.4. The molecule has 4 nitrogen and oxygen atoms in total. The van der Waals surface area contributed by atoms with E-state index in [1.807, 2.05) is 55.5 Å². The largest absolute Gasteiger partial charge is 0.493 e. The lowest BCUT2D eigenvalue weighted by molar-refractivity contribution is 0.102. The zero-order chi connectivity index (χ0) is 19.2. The van der Waals surface area contributed by atoms with Crippen LogP contribution in [-0.2, 0) is 6.42 Å². The average molecular weight is 361 g/mol. The molecule has 3 aromatic rings. The van der Waals surface area contributed by atoms with Crippen molar-refractivity contribution in [1.29, 1.82) is 0 Å². The minimum absolute atomic E-state index is 0.142. The van der Waals surface area contributed by atoms with Crippen molar-refractivity contribution in [2.24, 2.45) is 0 Å². The summed E-state index contributed by atoms with van der Waals surface area (Å²) in [5, 5.41) is 3.00. The number of rotatable bonds is 6. The number of hydrogen-bond acceptors (Lipinski definition) is 3. The summed E-state index contributed by atoms with van der Waals surface area (Å²) in [7, 11) is 3.17. The molecule has 0 bridgehead atoms. The molecule has 0 aliphatic rings. The molecule has 3 rings (SSSR count). The Morgan fingerprint density at radius 3 is 2.22 bits per heavy atom. The highest BCUT2D eigenvalue weighted by molar-refractivity contribution is 6.05. The lowest BCUT2D eigenvalue weighted by Crippen LogP contribution is -2.15. The van der Waals surface area contributed by atoms with Gasteiger partial charge in [-0.3, -0.25) is 4.79 Å². The van der Waals surface area contributed by atoms with Gasteiger partial charge in [0.15, 0.2) is 11.5 Å². The first-order chi connectivity index (χ1) is 13.1. The average Bonchev–Trinajstić information content (AvgIpc) is 2.70. The van der Waals surface area contributed by atoms with Gasteiger partial charge in [-0.1, -0.05) is 48.5 Å². The molecule has 27 heavy (non-hydrogen) atoms. The van der Waals surface area contributed by atoms with Gasteiger partial charge in [-0.15, -0.1) is 0 Å². The maximum Gasteiger partial charge on any atom is 0.255 e. The van der Waals surface area contributed by atoms with Crippen LogP contribution in [0.5, 0.6) is 11.5 Å². The van der Waals surface area contributed by atoms with E-state index < -0.39 is 0 Å². The Kier molecular flexibility index (Phi) is 5.77. The van der Waals surface area contributed by atoms with Crippen LogP contribution in [0.1, 0.15) is 27.0 Å². The van der Waals surface area contributed by atoms with Crippen molar-refractivity contribution in [3.05, 3.63) is 89.0 Å². The van der Waals surface area contributed by atoms with Gasteiger partial charge in [0.25, 0.3) is 5.91 Å². The first-order valence-electron chi connectivity index (χ1n) is 8.78. The zero-order valence-corrected chi connectivity index (χ0v) is 15.8. The molecule has 3 aromatic carbocycles. The van der Waals surface area contributed by atoms with Crippen LogP contribution in [0.4, 0.5) is 5.69 Å². The van der Waals surface area contributed by atoms with E-state index in [0.717, 1.165) is 11.1 Å². The molecule has 0 aliphatic carbocycles. The van der Waals surface area contributed by atoms with E-state index in [1.54, 1.807) is 20.3 Å². The smallest absolute Gasteiger partial charge is 0.255 e. The van der Waals surface area contributed by atoms with Gasteiger partial charge in [-0.2, -0.15) is 0 Å². The number of anilines is 1. The molecule has 138 valence electrons. The minimum Gasteiger partial charge on any atom is -0.493 e. The Bertz CT molecular complexity index is 936. The van der Waals surface area contributed by atoms with Crippen LogP contribution in [0.15, 0.2) is 66.7 Å². The SMILES string of the molecule is COc1cc(C)c(NC(=O)c2ccccc2Cc2ccccc2)cc1OC. The molecule has 0 spiro atoms. The summed E-state index contributed by atoms with van der Waals surface area (Å²) in [6.07, 6.45) is 0.704. The first-order valence-corrected chi connectivity index (χ1v) is 8.78. The summed E-state index contributed by atoms with van der Waals surface area (Å²) < 4.78 is 10.7. The molecule has 1 amide bonds. The molecule has 0 saturated heterocycles. The summed E-state index contributed by atoms with van der Waals surface area (Å²) in [4.78, 5) is 12.9. The van der Waals surface area contributed by atoms with Crippen molar-refractivity contribution in [2.45, 2.75) is 13.3 Å². The fourth-order valence-electron chi connectivity index (χ4n) is 3.02. The van der Waals surface area contributed by atoms with E-state index in [0.29, 0.717) is 29.2 Å². The molecular formula is C23H23NO3. The predicted molar refractivity (Wildman–Crippen MR) is 108 cm³/mol. The number of carbonyl (C=O) groups is 1. The van der Waals surface area contributed by atoms with Crippen molar-refractivity contribution in [3.63, 3.8) is 0 Å². The molecule has 0 aromatic heterocycles. The topological polar surface area (TPSA) is 47.6 Å². The number of methoxy groups -OCH3 is 2. The van der Waals surface area contributed by atoms with E-state index in [-0.39, 0.29) is 5.91 Å². The second kappa shape index (κ2) is 8.41. The molecule has 0 unspecified atom stereocenters. The molecular weight excluding hydrogens is 338 g/mol. The third-order valence-electron chi connectivity index (χ3n) is 4.48. The standard InChI is InChI=1S/C23H23NO3/c1-16-13-21(26-2)22(27-3)15-20(16)24-23(25)19-12-8-7-11-18(19)14-17-9-5-4-6-10-17/h4-13,15H,14H2,1-3H3,(H,24,25). The molecule has 1 N–H and O–H groups in total. The van der Waals surface area contributed by atoms with E-state index in [9.17, 15) is 4.79 Å². The van der Waals surface area contributed by atoms with Gasteiger partial charge in [0.05, 0.1) is 14.2 Å². The van der Waals surface area contributed by atoms with E-state index in [4.69, 9.17) is 9.47 Å². The van der Waals surface area contributed by atoms with Gasteiger partial charge in [0.1, 0.15) is 0 Å². The highest BCUT2D eigenvalue weighted by Gasteiger charge is 2.15. The van der Waals surface area contributed by atoms with Crippen LogP contribution in [-0.4, -0.2) is 20.1 Å². The number of amides is 1. The quantitative estimate of drug-likeness (QED) is 0.682. The van der Waals surface area contributed by atoms with Crippen LogP contribution in [0.25, 0.3) is 0 Å². The van der Waals surface area contributed by atoms with Crippen LogP contribution < -0.4 is 14.8 Å².